The monoisotopic (exact) mass is 380 g/mol. The first-order valence-electron chi connectivity index (χ1n) is 10.1. The Morgan fingerprint density at radius 3 is 2.86 bits per heavy atom. The summed E-state index contributed by atoms with van der Waals surface area (Å²) in [4.78, 5) is 19.4. The number of rotatable bonds is 5. The molecule has 2 fully saturated rings. The van der Waals surface area contributed by atoms with Crippen molar-refractivity contribution in [3.8, 4) is 11.1 Å². The van der Waals surface area contributed by atoms with Crippen molar-refractivity contribution in [1.29, 1.82) is 0 Å². The molecule has 0 saturated carbocycles. The number of benzene rings is 1. The van der Waals surface area contributed by atoms with Crippen LogP contribution in [0.4, 0.5) is 5.69 Å². The van der Waals surface area contributed by atoms with Crippen LogP contribution in [0.3, 0.4) is 0 Å². The summed E-state index contributed by atoms with van der Waals surface area (Å²) in [7, 11) is 0. The molecule has 1 aromatic heterocycles. The molecule has 4 rings (SSSR count). The zero-order chi connectivity index (χ0) is 19.3. The van der Waals surface area contributed by atoms with Crippen LogP contribution in [-0.2, 0) is 4.74 Å². The molecule has 0 aliphatic carbocycles. The van der Waals surface area contributed by atoms with Gasteiger partial charge in [0.05, 0.1) is 6.10 Å². The second-order valence-electron chi connectivity index (χ2n) is 7.73. The molecule has 1 unspecified atom stereocenters. The molecule has 148 valence electrons. The molecule has 6 heteroatoms. The average Bonchev–Trinajstić information content (AvgIpc) is 3.23. The molecule has 3 N–H and O–H groups in total. The molecular weight excluding hydrogens is 352 g/mol. The van der Waals surface area contributed by atoms with Crippen LogP contribution in [0.5, 0.6) is 0 Å². The number of nitrogens with zero attached hydrogens (tertiary/aromatic N) is 2. The fourth-order valence-electron chi connectivity index (χ4n) is 4.08. The normalized spacial score (nSPS) is 20.9. The second-order valence-corrected chi connectivity index (χ2v) is 7.73. The van der Waals surface area contributed by atoms with Crippen LogP contribution in [0.25, 0.3) is 11.1 Å². The van der Waals surface area contributed by atoms with Crippen LogP contribution in [-0.4, -0.2) is 54.2 Å². The number of hydrogen-bond acceptors (Lipinski definition) is 5. The lowest BCUT2D eigenvalue weighted by molar-refractivity contribution is 0.0613. The van der Waals surface area contributed by atoms with Crippen molar-refractivity contribution in [2.45, 2.75) is 37.8 Å². The van der Waals surface area contributed by atoms with Gasteiger partial charge in [-0.15, -0.1) is 0 Å². The Balaban J connectivity index is 1.33. The first-order valence-corrected chi connectivity index (χ1v) is 10.1. The molecule has 2 aliphatic rings. The van der Waals surface area contributed by atoms with Crippen molar-refractivity contribution < 1.29 is 9.53 Å². The van der Waals surface area contributed by atoms with Gasteiger partial charge in [-0.2, -0.15) is 0 Å². The van der Waals surface area contributed by atoms with Crippen molar-refractivity contribution in [3.63, 3.8) is 0 Å². The summed E-state index contributed by atoms with van der Waals surface area (Å²) < 4.78 is 5.74. The third-order valence-corrected chi connectivity index (χ3v) is 5.70. The Kier molecular flexibility index (Phi) is 5.88. The van der Waals surface area contributed by atoms with E-state index in [0.717, 1.165) is 50.2 Å². The van der Waals surface area contributed by atoms with Gasteiger partial charge in [0.2, 0.25) is 0 Å². The number of piperidine rings is 1. The van der Waals surface area contributed by atoms with Gasteiger partial charge in [-0.1, -0.05) is 12.1 Å². The van der Waals surface area contributed by atoms with Gasteiger partial charge in [0, 0.05) is 61.5 Å². The van der Waals surface area contributed by atoms with E-state index in [1.54, 1.807) is 18.5 Å². The quantitative estimate of drug-likeness (QED) is 0.834. The molecule has 1 atom stereocenters. The number of aromatic nitrogens is 1. The Morgan fingerprint density at radius 1 is 1.25 bits per heavy atom. The largest absolute Gasteiger partial charge is 0.398 e. The summed E-state index contributed by atoms with van der Waals surface area (Å²) in [6.07, 6.45) is 8.11. The minimum Gasteiger partial charge on any atom is -0.398 e. The lowest BCUT2D eigenvalue weighted by Crippen LogP contribution is -2.46. The Hall–Kier alpha value is -2.44. The van der Waals surface area contributed by atoms with E-state index in [1.165, 1.54) is 12.8 Å². The number of ether oxygens (including phenoxy) is 1. The maximum Gasteiger partial charge on any atom is 0.251 e. The number of carbonyl (C=O) groups is 1. The summed E-state index contributed by atoms with van der Waals surface area (Å²) in [5, 5.41) is 3.20. The zero-order valence-corrected chi connectivity index (χ0v) is 16.1. The third kappa shape index (κ3) is 4.51. The van der Waals surface area contributed by atoms with E-state index in [1.807, 2.05) is 24.3 Å². The summed E-state index contributed by atoms with van der Waals surface area (Å²) in [5.41, 5.74) is 9.11. The topological polar surface area (TPSA) is 80.5 Å². The number of hydrogen-bond donors (Lipinski definition) is 2. The number of nitrogen functional groups attached to an aromatic ring is 1. The fourth-order valence-corrected chi connectivity index (χ4v) is 4.08. The van der Waals surface area contributed by atoms with Crippen LogP contribution in [0.1, 0.15) is 36.0 Å². The van der Waals surface area contributed by atoms with Crippen molar-refractivity contribution in [2.24, 2.45) is 0 Å². The van der Waals surface area contributed by atoms with Crippen LogP contribution < -0.4 is 11.1 Å². The molecule has 3 heterocycles. The number of nitrogens with one attached hydrogen (secondary N) is 1. The van der Waals surface area contributed by atoms with Crippen molar-refractivity contribution >= 4 is 11.6 Å². The predicted molar refractivity (Wildman–Crippen MR) is 110 cm³/mol. The smallest absolute Gasteiger partial charge is 0.251 e. The summed E-state index contributed by atoms with van der Waals surface area (Å²) in [6.45, 7) is 3.95. The Bertz CT molecular complexity index is 812. The van der Waals surface area contributed by atoms with Gasteiger partial charge < -0.3 is 20.7 Å². The predicted octanol–water partition coefficient (Wildman–Crippen LogP) is 2.70. The maximum atomic E-state index is 12.7. The van der Waals surface area contributed by atoms with E-state index in [0.29, 0.717) is 17.4 Å². The van der Waals surface area contributed by atoms with Gasteiger partial charge in [-0.3, -0.25) is 9.78 Å². The van der Waals surface area contributed by atoms with Gasteiger partial charge in [0.1, 0.15) is 0 Å². The first-order chi connectivity index (χ1) is 13.7. The van der Waals surface area contributed by atoms with Gasteiger partial charge in [0.15, 0.2) is 0 Å². The SMILES string of the molecule is Nc1ccncc1-c1cccc(C(=O)NC2CCN(CC3CCCO3)CC2)c1. The van der Waals surface area contributed by atoms with E-state index in [2.05, 4.69) is 15.2 Å². The van der Waals surface area contributed by atoms with Gasteiger partial charge in [-0.05, 0) is 49.4 Å². The Morgan fingerprint density at radius 2 is 2.11 bits per heavy atom. The van der Waals surface area contributed by atoms with Crippen LogP contribution in [0, 0.1) is 0 Å². The molecule has 1 amide bonds. The summed E-state index contributed by atoms with van der Waals surface area (Å²) >= 11 is 0. The lowest BCUT2D eigenvalue weighted by atomic mass is 10.0. The molecule has 0 spiro atoms. The second kappa shape index (κ2) is 8.71. The molecule has 2 aliphatic heterocycles. The molecule has 6 nitrogen and oxygen atoms in total. The van der Waals surface area contributed by atoms with Crippen LogP contribution >= 0.6 is 0 Å². The van der Waals surface area contributed by atoms with E-state index >= 15 is 0 Å². The molecular formula is C22H28N4O2. The van der Waals surface area contributed by atoms with Gasteiger partial charge in [-0.25, -0.2) is 0 Å². The molecule has 1 aromatic carbocycles. The number of likely N-dealkylation sites (tertiary alicyclic amines) is 1. The van der Waals surface area contributed by atoms with Crippen LogP contribution in [0.2, 0.25) is 0 Å². The number of nitrogens with two attached hydrogens (primary N) is 1. The van der Waals surface area contributed by atoms with E-state index < -0.39 is 0 Å². The average molecular weight is 380 g/mol. The van der Waals surface area contributed by atoms with Crippen LogP contribution in [0.15, 0.2) is 42.7 Å². The van der Waals surface area contributed by atoms with Gasteiger partial charge in [0.25, 0.3) is 5.91 Å². The van der Waals surface area contributed by atoms with Gasteiger partial charge >= 0.3 is 0 Å². The number of anilines is 1. The Labute approximate surface area is 166 Å². The molecule has 2 aromatic rings. The highest BCUT2D eigenvalue weighted by Gasteiger charge is 2.25. The molecule has 0 bridgehead atoms. The lowest BCUT2D eigenvalue weighted by Gasteiger charge is -2.33. The highest BCUT2D eigenvalue weighted by molar-refractivity contribution is 5.96. The fraction of sp³-hybridized carbons (Fsp3) is 0.455. The highest BCUT2D eigenvalue weighted by atomic mass is 16.5. The molecule has 28 heavy (non-hydrogen) atoms. The molecule has 2 saturated heterocycles. The summed E-state index contributed by atoms with van der Waals surface area (Å²) in [5.74, 6) is -0.0260. The minimum atomic E-state index is -0.0260. The highest BCUT2D eigenvalue weighted by Crippen LogP contribution is 2.25. The van der Waals surface area contributed by atoms with E-state index in [-0.39, 0.29) is 11.9 Å². The number of pyridine rings is 1. The van der Waals surface area contributed by atoms with Crippen molar-refractivity contribution in [2.75, 3.05) is 32.0 Å². The first kappa shape index (κ1) is 18.9. The minimum absolute atomic E-state index is 0.0260. The standard InChI is InChI=1S/C22H28N4O2/c23-21-6-9-24-14-20(21)16-3-1-4-17(13-16)22(27)25-18-7-10-26(11-8-18)15-19-5-2-12-28-19/h1,3-4,6,9,13-14,18-19H,2,5,7-8,10-12,15H2,(H2,23,24)(H,25,27). The number of amides is 1. The molecule has 0 radical (unpaired) electrons. The maximum absolute atomic E-state index is 12.7. The van der Waals surface area contributed by atoms with E-state index in [4.69, 9.17) is 10.5 Å². The van der Waals surface area contributed by atoms with E-state index in [9.17, 15) is 4.79 Å². The van der Waals surface area contributed by atoms with Crippen molar-refractivity contribution in [3.05, 3.63) is 48.3 Å². The zero-order valence-electron chi connectivity index (χ0n) is 16.1. The number of carbonyl (C=O) groups excluding carboxylic acids is 1. The third-order valence-electron chi connectivity index (χ3n) is 5.70. The van der Waals surface area contributed by atoms with Crippen molar-refractivity contribution in [1.82, 2.24) is 15.2 Å². The summed E-state index contributed by atoms with van der Waals surface area (Å²) in [6, 6.07) is 9.56.